The van der Waals surface area contributed by atoms with Crippen molar-refractivity contribution in [3.05, 3.63) is 35.9 Å². The van der Waals surface area contributed by atoms with E-state index in [1.807, 2.05) is 6.07 Å². The fourth-order valence-electron chi connectivity index (χ4n) is 2.46. The third-order valence-electron chi connectivity index (χ3n) is 4.36. The maximum atomic E-state index is 10.7. The molecule has 0 atom stereocenters. The molecule has 2 N–H and O–H groups in total. The van der Waals surface area contributed by atoms with Crippen LogP contribution < -0.4 is 5.32 Å². The molecule has 136 valence electrons. The van der Waals surface area contributed by atoms with Gasteiger partial charge in [0.05, 0.1) is 5.60 Å². The van der Waals surface area contributed by atoms with E-state index in [1.54, 1.807) is 0 Å². The van der Waals surface area contributed by atoms with Gasteiger partial charge in [-0.15, -0.1) is 0 Å². The standard InChI is InChI=1S/C20H33NO3/c1-19(2,11-10-18(22)23)13-15-24-20(3,4)12-14-21-16-17-8-6-5-7-9-17/h5-9,21H,10-16H2,1-4H3,(H,22,23). The smallest absolute Gasteiger partial charge is 0.303 e. The highest BCUT2D eigenvalue weighted by Gasteiger charge is 2.22. The maximum absolute atomic E-state index is 10.7. The average Bonchev–Trinajstić information content (AvgIpc) is 2.50. The summed E-state index contributed by atoms with van der Waals surface area (Å²) in [4.78, 5) is 10.7. The zero-order valence-electron chi connectivity index (χ0n) is 15.6. The largest absolute Gasteiger partial charge is 0.481 e. The molecule has 1 aromatic carbocycles. The number of hydrogen-bond acceptors (Lipinski definition) is 3. The van der Waals surface area contributed by atoms with Crippen molar-refractivity contribution in [2.24, 2.45) is 5.41 Å². The summed E-state index contributed by atoms with van der Waals surface area (Å²) in [7, 11) is 0. The van der Waals surface area contributed by atoms with Crippen LogP contribution in [0.4, 0.5) is 0 Å². The van der Waals surface area contributed by atoms with Crippen LogP contribution >= 0.6 is 0 Å². The van der Waals surface area contributed by atoms with Crippen molar-refractivity contribution in [2.45, 2.75) is 65.5 Å². The number of rotatable bonds is 12. The van der Waals surface area contributed by atoms with Gasteiger partial charge in [-0.25, -0.2) is 0 Å². The molecule has 0 radical (unpaired) electrons. The van der Waals surface area contributed by atoms with Gasteiger partial charge >= 0.3 is 5.97 Å². The summed E-state index contributed by atoms with van der Waals surface area (Å²) >= 11 is 0. The zero-order chi connectivity index (χ0) is 18.1. The van der Waals surface area contributed by atoms with E-state index in [2.05, 4.69) is 57.3 Å². The van der Waals surface area contributed by atoms with E-state index in [0.29, 0.717) is 13.0 Å². The van der Waals surface area contributed by atoms with Crippen LogP contribution in [0.25, 0.3) is 0 Å². The predicted octanol–water partition coefficient (Wildman–Crippen LogP) is 4.24. The molecule has 4 nitrogen and oxygen atoms in total. The second-order valence-electron chi connectivity index (χ2n) is 7.83. The molecule has 0 heterocycles. The lowest BCUT2D eigenvalue weighted by Gasteiger charge is -2.29. The van der Waals surface area contributed by atoms with Gasteiger partial charge in [0.2, 0.25) is 0 Å². The molecule has 0 fully saturated rings. The normalized spacial score (nSPS) is 12.3. The summed E-state index contributed by atoms with van der Waals surface area (Å²) in [5.41, 5.74) is 1.11. The number of carbonyl (C=O) groups is 1. The van der Waals surface area contributed by atoms with E-state index < -0.39 is 5.97 Å². The molecule has 0 aromatic heterocycles. The first kappa shape index (κ1) is 20.7. The Kier molecular flexibility index (Phi) is 8.43. The Morgan fingerprint density at radius 2 is 1.75 bits per heavy atom. The van der Waals surface area contributed by atoms with Crippen LogP contribution in [-0.2, 0) is 16.1 Å². The molecule has 1 rings (SSSR count). The molecule has 0 aliphatic carbocycles. The number of carboxylic acids is 1. The molecule has 0 aliphatic rings. The number of aliphatic carboxylic acids is 1. The molecule has 0 saturated carbocycles. The highest BCUT2D eigenvalue weighted by atomic mass is 16.5. The van der Waals surface area contributed by atoms with Crippen molar-refractivity contribution in [3.8, 4) is 0 Å². The molecule has 4 heteroatoms. The number of ether oxygens (including phenoxy) is 1. The van der Waals surface area contributed by atoms with Crippen LogP contribution in [0.2, 0.25) is 0 Å². The molecule has 0 amide bonds. The van der Waals surface area contributed by atoms with Crippen LogP contribution in [0.1, 0.15) is 58.9 Å². The molecule has 0 saturated heterocycles. The maximum Gasteiger partial charge on any atom is 0.303 e. The number of benzene rings is 1. The highest BCUT2D eigenvalue weighted by Crippen LogP contribution is 2.27. The summed E-state index contributed by atoms with van der Waals surface area (Å²) < 4.78 is 6.04. The molecule has 0 unspecified atom stereocenters. The molecule has 24 heavy (non-hydrogen) atoms. The monoisotopic (exact) mass is 335 g/mol. The summed E-state index contributed by atoms with van der Waals surface area (Å²) in [5.74, 6) is -0.728. The molecule has 0 spiro atoms. The van der Waals surface area contributed by atoms with Gasteiger partial charge in [-0.2, -0.15) is 0 Å². The van der Waals surface area contributed by atoms with Crippen LogP contribution in [-0.4, -0.2) is 29.8 Å². The van der Waals surface area contributed by atoms with E-state index in [0.717, 1.165) is 25.9 Å². The van der Waals surface area contributed by atoms with Gasteiger partial charge < -0.3 is 15.2 Å². The van der Waals surface area contributed by atoms with Crippen LogP contribution in [0, 0.1) is 5.41 Å². The van der Waals surface area contributed by atoms with E-state index in [1.165, 1.54) is 5.56 Å². The lowest BCUT2D eigenvalue weighted by atomic mass is 9.84. The number of carboxylic acid groups (broad SMARTS) is 1. The van der Waals surface area contributed by atoms with Crippen molar-refractivity contribution in [1.82, 2.24) is 5.32 Å². The first-order valence-electron chi connectivity index (χ1n) is 8.81. The van der Waals surface area contributed by atoms with Crippen LogP contribution in [0.5, 0.6) is 0 Å². The third-order valence-corrected chi connectivity index (χ3v) is 4.36. The minimum atomic E-state index is -0.728. The Balaban J connectivity index is 2.19. The van der Waals surface area contributed by atoms with Crippen molar-refractivity contribution in [3.63, 3.8) is 0 Å². The minimum absolute atomic E-state index is 0.0000291. The van der Waals surface area contributed by atoms with E-state index in [4.69, 9.17) is 9.84 Å². The molecule has 0 aliphatic heterocycles. The summed E-state index contributed by atoms with van der Waals surface area (Å²) in [6.07, 6.45) is 2.72. The van der Waals surface area contributed by atoms with Gasteiger partial charge in [0.1, 0.15) is 0 Å². The van der Waals surface area contributed by atoms with Gasteiger partial charge in [-0.3, -0.25) is 4.79 Å². The van der Waals surface area contributed by atoms with Gasteiger partial charge in [-0.1, -0.05) is 44.2 Å². The van der Waals surface area contributed by atoms with E-state index >= 15 is 0 Å². The average molecular weight is 335 g/mol. The molecular formula is C20H33NO3. The van der Waals surface area contributed by atoms with Crippen molar-refractivity contribution >= 4 is 5.97 Å². The fraction of sp³-hybridized carbons (Fsp3) is 0.650. The lowest BCUT2D eigenvalue weighted by molar-refractivity contribution is -0.137. The van der Waals surface area contributed by atoms with Gasteiger partial charge in [0.15, 0.2) is 0 Å². The van der Waals surface area contributed by atoms with Gasteiger partial charge in [0.25, 0.3) is 0 Å². The Hall–Kier alpha value is -1.39. The quantitative estimate of drug-likeness (QED) is 0.561. The van der Waals surface area contributed by atoms with Crippen molar-refractivity contribution in [2.75, 3.05) is 13.2 Å². The zero-order valence-corrected chi connectivity index (χ0v) is 15.6. The Morgan fingerprint density at radius 1 is 1.08 bits per heavy atom. The minimum Gasteiger partial charge on any atom is -0.481 e. The van der Waals surface area contributed by atoms with Gasteiger partial charge in [0, 0.05) is 19.6 Å². The SMILES string of the molecule is CC(C)(CCOC(C)(C)CCNCc1ccccc1)CCC(=O)O. The first-order chi connectivity index (χ1) is 11.2. The highest BCUT2D eigenvalue weighted by molar-refractivity contribution is 5.66. The summed E-state index contributed by atoms with van der Waals surface area (Å²) in [5, 5.41) is 12.2. The Labute approximate surface area is 146 Å². The second-order valence-corrected chi connectivity index (χ2v) is 7.83. The number of hydrogen-bond donors (Lipinski definition) is 2. The number of nitrogens with one attached hydrogen (secondary N) is 1. The second kappa shape index (κ2) is 9.80. The van der Waals surface area contributed by atoms with E-state index in [-0.39, 0.29) is 17.4 Å². The molecular weight excluding hydrogens is 302 g/mol. The first-order valence-corrected chi connectivity index (χ1v) is 8.81. The summed E-state index contributed by atoms with van der Waals surface area (Å²) in [6, 6.07) is 10.4. The van der Waals surface area contributed by atoms with Crippen LogP contribution in [0.15, 0.2) is 30.3 Å². The van der Waals surface area contributed by atoms with Crippen molar-refractivity contribution < 1.29 is 14.6 Å². The molecule has 1 aromatic rings. The topological polar surface area (TPSA) is 58.6 Å². The third kappa shape index (κ3) is 9.68. The van der Waals surface area contributed by atoms with E-state index in [9.17, 15) is 4.79 Å². The fourth-order valence-corrected chi connectivity index (χ4v) is 2.46. The van der Waals surface area contributed by atoms with Crippen molar-refractivity contribution in [1.29, 1.82) is 0 Å². The lowest BCUT2D eigenvalue weighted by Crippen LogP contribution is -2.31. The Bertz CT molecular complexity index is 483. The predicted molar refractivity (Wildman–Crippen MR) is 98.1 cm³/mol. The van der Waals surface area contributed by atoms with Crippen LogP contribution in [0.3, 0.4) is 0 Å². The summed E-state index contributed by atoms with van der Waals surface area (Å²) in [6.45, 7) is 10.9. The van der Waals surface area contributed by atoms with Gasteiger partial charge in [-0.05, 0) is 50.6 Å². The molecule has 0 bridgehead atoms. The Morgan fingerprint density at radius 3 is 2.38 bits per heavy atom.